The summed E-state index contributed by atoms with van der Waals surface area (Å²) >= 11 is 0. The molecule has 2 aromatic rings. The minimum atomic E-state index is -1.08. The van der Waals surface area contributed by atoms with Gasteiger partial charge >= 0.3 is 0 Å². The molecule has 1 aliphatic heterocycles. The largest absolute Gasteiger partial charge is 0.327 e. The first-order valence-corrected chi connectivity index (χ1v) is 7.79. The molecule has 1 atom stereocenters. The van der Waals surface area contributed by atoms with Crippen LogP contribution >= 0.6 is 0 Å². The molecule has 0 bridgehead atoms. The highest BCUT2D eigenvalue weighted by atomic mass is 19.2. The number of hydrogen-bond acceptors (Lipinski definition) is 2. The Morgan fingerprint density at radius 3 is 2.48 bits per heavy atom. The average molecular weight is 348 g/mol. The fourth-order valence-corrected chi connectivity index (χ4v) is 2.87. The molecular weight excluding hydrogens is 333 g/mol. The van der Waals surface area contributed by atoms with Crippen LogP contribution in [0.25, 0.3) is 0 Å². The summed E-state index contributed by atoms with van der Waals surface area (Å²) in [5.74, 6) is -3.84. The van der Waals surface area contributed by atoms with E-state index in [9.17, 15) is 22.8 Å². The Morgan fingerprint density at radius 1 is 1.00 bits per heavy atom. The second-order valence-electron chi connectivity index (χ2n) is 5.75. The Labute approximate surface area is 142 Å². The van der Waals surface area contributed by atoms with Crippen LogP contribution in [0.1, 0.15) is 23.2 Å². The van der Waals surface area contributed by atoms with Crippen molar-refractivity contribution in [1.29, 1.82) is 0 Å². The SMILES string of the molecule is O=C(Nc1ccc(F)c(F)c1)C1CCCN1C(=O)c1ccccc1F. The molecule has 1 N–H and O–H groups in total. The molecular formula is C18H15F3N2O2. The number of anilines is 1. The fourth-order valence-electron chi connectivity index (χ4n) is 2.87. The molecule has 2 aromatic carbocycles. The quantitative estimate of drug-likeness (QED) is 0.925. The minimum Gasteiger partial charge on any atom is -0.327 e. The smallest absolute Gasteiger partial charge is 0.257 e. The topological polar surface area (TPSA) is 49.4 Å². The van der Waals surface area contributed by atoms with Crippen molar-refractivity contribution >= 4 is 17.5 Å². The average Bonchev–Trinajstić information content (AvgIpc) is 3.08. The van der Waals surface area contributed by atoms with E-state index in [0.29, 0.717) is 19.4 Å². The van der Waals surface area contributed by atoms with Gasteiger partial charge in [0.1, 0.15) is 11.9 Å². The molecule has 4 nitrogen and oxygen atoms in total. The normalized spacial score (nSPS) is 16.8. The van der Waals surface area contributed by atoms with Gasteiger partial charge in [-0.25, -0.2) is 13.2 Å². The van der Waals surface area contributed by atoms with E-state index in [1.807, 2.05) is 0 Å². The Morgan fingerprint density at radius 2 is 1.76 bits per heavy atom. The van der Waals surface area contributed by atoms with Crippen LogP contribution in [0.3, 0.4) is 0 Å². The molecule has 3 rings (SSSR count). The molecule has 0 radical (unpaired) electrons. The van der Waals surface area contributed by atoms with Crippen LogP contribution in [0.2, 0.25) is 0 Å². The number of halogens is 3. The number of carbonyl (C=O) groups is 2. The molecule has 0 aromatic heterocycles. The summed E-state index contributed by atoms with van der Waals surface area (Å²) in [7, 11) is 0. The molecule has 2 amide bonds. The molecule has 0 aliphatic carbocycles. The van der Waals surface area contributed by atoms with Crippen LogP contribution in [-0.4, -0.2) is 29.3 Å². The minimum absolute atomic E-state index is 0.0918. The van der Waals surface area contributed by atoms with E-state index in [1.54, 1.807) is 6.07 Å². The van der Waals surface area contributed by atoms with Gasteiger partial charge in [0.15, 0.2) is 11.6 Å². The van der Waals surface area contributed by atoms with E-state index in [1.165, 1.54) is 29.2 Å². The molecule has 1 unspecified atom stereocenters. The maximum absolute atomic E-state index is 13.8. The summed E-state index contributed by atoms with van der Waals surface area (Å²) in [6, 6.07) is 7.77. The summed E-state index contributed by atoms with van der Waals surface area (Å²) < 4.78 is 40.0. The third-order valence-corrected chi connectivity index (χ3v) is 4.11. The number of rotatable bonds is 3. The highest BCUT2D eigenvalue weighted by Crippen LogP contribution is 2.23. The summed E-state index contributed by atoms with van der Waals surface area (Å²) in [5.41, 5.74) is -0.0101. The maximum atomic E-state index is 13.8. The van der Waals surface area contributed by atoms with Crippen LogP contribution in [0, 0.1) is 17.5 Å². The summed E-state index contributed by atoms with van der Waals surface area (Å²) in [6.07, 6.45) is 1.01. The van der Waals surface area contributed by atoms with Crippen molar-refractivity contribution < 1.29 is 22.8 Å². The monoisotopic (exact) mass is 348 g/mol. The number of benzene rings is 2. The van der Waals surface area contributed by atoms with Gasteiger partial charge in [0.2, 0.25) is 5.91 Å². The van der Waals surface area contributed by atoms with Crippen molar-refractivity contribution in [2.45, 2.75) is 18.9 Å². The van der Waals surface area contributed by atoms with Gasteiger partial charge in [-0.3, -0.25) is 9.59 Å². The van der Waals surface area contributed by atoms with Crippen molar-refractivity contribution in [3.63, 3.8) is 0 Å². The third kappa shape index (κ3) is 3.50. The Balaban J connectivity index is 1.76. The first-order chi connectivity index (χ1) is 12.0. The zero-order chi connectivity index (χ0) is 18.0. The lowest BCUT2D eigenvalue weighted by Crippen LogP contribution is -2.43. The van der Waals surface area contributed by atoms with Gasteiger partial charge < -0.3 is 10.2 Å². The number of likely N-dealkylation sites (tertiary alicyclic amines) is 1. The van der Waals surface area contributed by atoms with Crippen molar-refractivity contribution in [3.8, 4) is 0 Å². The van der Waals surface area contributed by atoms with Gasteiger partial charge in [0, 0.05) is 18.3 Å². The lowest BCUT2D eigenvalue weighted by Gasteiger charge is -2.24. The lowest BCUT2D eigenvalue weighted by atomic mass is 10.1. The summed E-state index contributed by atoms with van der Waals surface area (Å²) in [6.45, 7) is 0.322. The Bertz CT molecular complexity index is 826. The van der Waals surface area contributed by atoms with Gasteiger partial charge in [-0.1, -0.05) is 12.1 Å². The van der Waals surface area contributed by atoms with E-state index < -0.39 is 35.3 Å². The highest BCUT2D eigenvalue weighted by molar-refractivity contribution is 6.01. The van der Waals surface area contributed by atoms with E-state index in [0.717, 1.165) is 12.1 Å². The van der Waals surface area contributed by atoms with E-state index in [2.05, 4.69) is 5.32 Å². The van der Waals surface area contributed by atoms with Gasteiger partial charge in [0.05, 0.1) is 5.56 Å². The molecule has 1 saturated heterocycles. The van der Waals surface area contributed by atoms with Crippen molar-refractivity contribution in [2.24, 2.45) is 0 Å². The fraction of sp³-hybridized carbons (Fsp3) is 0.222. The third-order valence-electron chi connectivity index (χ3n) is 4.11. The Kier molecular flexibility index (Phi) is 4.74. The van der Waals surface area contributed by atoms with Crippen molar-refractivity contribution in [2.75, 3.05) is 11.9 Å². The first kappa shape index (κ1) is 17.0. The van der Waals surface area contributed by atoms with E-state index in [-0.39, 0.29) is 11.3 Å². The predicted octanol–water partition coefficient (Wildman–Crippen LogP) is 3.35. The molecule has 1 heterocycles. The number of carbonyl (C=O) groups excluding carboxylic acids is 2. The zero-order valence-electron chi connectivity index (χ0n) is 13.1. The first-order valence-electron chi connectivity index (χ1n) is 7.79. The van der Waals surface area contributed by atoms with Gasteiger partial charge in [0.25, 0.3) is 5.91 Å². The number of nitrogens with one attached hydrogen (secondary N) is 1. The molecule has 0 spiro atoms. The van der Waals surface area contributed by atoms with Crippen LogP contribution in [-0.2, 0) is 4.79 Å². The second-order valence-corrected chi connectivity index (χ2v) is 5.75. The summed E-state index contributed by atoms with van der Waals surface area (Å²) in [4.78, 5) is 26.3. The standard InChI is InChI=1S/C18H15F3N2O2/c19-13-5-2-1-4-12(13)18(25)23-9-3-6-16(23)17(24)22-11-7-8-14(20)15(21)10-11/h1-2,4-5,7-8,10,16H,3,6,9H2,(H,22,24). The van der Waals surface area contributed by atoms with Crippen LogP contribution in [0.5, 0.6) is 0 Å². The Hall–Kier alpha value is -2.83. The second kappa shape index (κ2) is 6.96. The maximum Gasteiger partial charge on any atom is 0.257 e. The molecule has 1 fully saturated rings. The van der Waals surface area contributed by atoms with Crippen molar-refractivity contribution in [3.05, 3.63) is 65.5 Å². The van der Waals surface area contributed by atoms with Gasteiger partial charge in [-0.15, -0.1) is 0 Å². The molecule has 25 heavy (non-hydrogen) atoms. The predicted molar refractivity (Wildman–Crippen MR) is 85.4 cm³/mol. The number of amides is 2. The van der Waals surface area contributed by atoms with Gasteiger partial charge in [-0.2, -0.15) is 0 Å². The number of hydrogen-bond donors (Lipinski definition) is 1. The van der Waals surface area contributed by atoms with Crippen LogP contribution in [0.15, 0.2) is 42.5 Å². The lowest BCUT2D eigenvalue weighted by molar-refractivity contribution is -0.119. The van der Waals surface area contributed by atoms with Crippen molar-refractivity contribution in [1.82, 2.24) is 4.90 Å². The molecule has 130 valence electrons. The zero-order valence-corrected chi connectivity index (χ0v) is 13.1. The van der Waals surface area contributed by atoms with Gasteiger partial charge in [-0.05, 0) is 37.1 Å². The van der Waals surface area contributed by atoms with E-state index in [4.69, 9.17) is 0 Å². The molecule has 7 heteroatoms. The highest BCUT2D eigenvalue weighted by Gasteiger charge is 2.35. The molecule has 1 aliphatic rings. The van der Waals surface area contributed by atoms with E-state index >= 15 is 0 Å². The number of nitrogens with zero attached hydrogens (tertiary/aromatic N) is 1. The van der Waals surface area contributed by atoms with Crippen LogP contribution < -0.4 is 5.32 Å². The van der Waals surface area contributed by atoms with Crippen LogP contribution in [0.4, 0.5) is 18.9 Å². The summed E-state index contributed by atoms with van der Waals surface area (Å²) in [5, 5.41) is 2.47. The molecule has 0 saturated carbocycles.